The summed E-state index contributed by atoms with van der Waals surface area (Å²) in [6.07, 6.45) is 2.45. The highest BCUT2D eigenvalue weighted by Gasteiger charge is 2.21. The van der Waals surface area contributed by atoms with Crippen molar-refractivity contribution in [1.29, 1.82) is 0 Å². The van der Waals surface area contributed by atoms with Crippen LogP contribution in [0.25, 0.3) is 0 Å². The molecule has 2 aromatic rings. The molecule has 8 heteroatoms. The molecule has 1 aromatic carbocycles. The van der Waals surface area contributed by atoms with Crippen LogP contribution in [0.3, 0.4) is 0 Å². The summed E-state index contributed by atoms with van der Waals surface area (Å²) in [4.78, 5) is 15.3. The SMILES string of the molecule is O=[N+]([O-])c1ccc(O/N=C2\CCCc3nonc32)cc1. The van der Waals surface area contributed by atoms with Crippen molar-refractivity contribution >= 4 is 11.4 Å². The Labute approximate surface area is 113 Å². The minimum atomic E-state index is -0.468. The zero-order valence-corrected chi connectivity index (χ0v) is 10.4. The molecular weight excluding hydrogens is 264 g/mol. The van der Waals surface area contributed by atoms with Gasteiger partial charge in [0.2, 0.25) is 0 Å². The van der Waals surface area contributed by atoms with Crippen molar-refractivity contribution in [3.63, 3.8) is 0 Å². The fourth-order valence-corrected chi connectivity index (χ4v) is 1.96. The van der Waals surface area contributed by atoms with Crippen LogP contribution in [0, 0.1) is 10.1 Å². The molecule has 20 heavy (non-hydrogen) atoms. The molecule has 1 aliphatic rings. The van der Waals surface area contributed by atoms with Crippen molar-refractivity contribution in [3.8, 4) is 5.75 Å². The number of nitrogens with zero attached hydrogens (tertiary/aromatic N) is 4. The van der Waals surface area contributed by atoms with E-state index in [1.165, 1.54) is 24.3 Å². The Kier molecular flexibility index (Phi) is 3.12. The van der Waals surface area contributed by atoms with E-state index in [4.69, 9.17) is 4.84 Å². The topological polar surface area (TPSA) is 104 Å². The summed E-state index contributed by atoms with van der Waals surface area (Å²) < 4.78 is 4.68. The van der Waals surface area contributed by atoms with E-state index in [-0.39, 0.29) is 5.69 Å². The van der Waals surface area contributed by atoms with Crippen LogP contribution in [0.5, 0.6) is 5.75 Å². The van der Waals surface area contributed by atoms with Crippen LogP contribution in [0.1, 0.15) is 24.2 Å². The van der Waals surface area contributed by atoms with Crippen LogP contribution >= 0.6 is 0 Å². The van der Waals surface area contributed by atoms with Gasteiger partial charge in [-0.05, 0) is 36.6 Å². The predicted molar refractivity (Wildman–Crippen MR) is 67.5 cm³/mol. The molecule has 0 spiro atoms. The van der Waals surface area contributed by atoms with E-state index in [9.17, 15) is 10.1 Å². The Hall–Kier alpha value is -2.77. The third-order valence-electron chi connectivity index (χ3n) is 2.97. The van der Waals surface area contributed by atoms with Crippen LogP contribution in [0.15, 0.2) is 34.1 Å². The molecule has 0 saturated carbocycles. The number of aryl methyl sites for hydroxylation is 1. The number of non-ortho nitro benzene ring substituents is 1. The van der Waals surface area contributed by atoms with E-state index in [0.717, 1.165) is 25.0 Å². The van der Waals surface area contributed by atoms with Gasteiger partial charge in [-0.25, -0.2) is 4.63 Å². The highest BCUT2D eigenvalue weighted by Crippen LogP contribution is 2.20. The molecule has 1 aliphatic carbocycles. The summed E-state index contributed by atoms with van der Waals surface area (Å²) in [7, 11) is 0. The molecule has 1 aromatic heterocycles. The maximum atomic E-state index is 10.5. The second-order valence-corrected chi connectivity index (χ2v) is 4.29. The first kappa shape index (κ1) is 12.3. The number of aromatic nitrogens is 2. The van der Waals surface area contributed by atoms with Crippen LogP contribution in [0.4, 0.5) is 5.69 Å². The van der Waals surface area contributed by atoms with Crippen LogP contribution in [0.2, 0.25) is 0 Å². The average Bonchev–Trinajstić information content (AvgIpc) is 2.94. The van der Waals surface area contributed by atoms with Gasteiger partial charge in [0, 0.05) is 12.1 Å². The van der Waals surface area contributed by atoms with Crippen LogP contribution in [-0.4, -0.2) is 20.9 Å². The van der Waals surface area contributed by atoms with Crippen molar-refractivity contribution in [2.75, 3.05) is 0 Å². The van der Waals surface area contributed by atoms with Gasteiger partial charge >= 0.3 is 0 Å². The van der Waals surface area contributed by atoms with Crippen molar-refractivity contribution in [3.05, 3.63) is 45.8 Å². The number of hydrogen-bond donors (Lipinski definition) is 0. The summed E-state index contributed by atoms with van der Waals surface area (Å²) >= 11 is 0. The number of oxime groups is 1. The quantitative estimate of drug-likeness (QED) is 0.627. The minimum Gasteiger partial charge on any atom is -0.357 e. The molecule has 102 valence electrons. The van der Waals surface area contributed by atoms with E-state index in [1.54, 1.807) is 0 Å². The fraction of sp³-hybridized carbons (Fsp3) is 0.250. The number of fused-ring (bicyclic) bond motifs is 1. The van der Waals surface area contributed by atoms with Gasteiger partial charge in [-0.1, -0.05) is 10.3 Å². The van der Waals surface area contributed by atoms with Gasteiger partial charge in [0.05, 0.1) is 4.92 Å². The molecule has 0 N–H and O–H groups in total. The Balaban J connectivity index is 1.77. The average molecular weight is 274 g/mol. The molecule has 0 bridgehead atoms. The lowest BCUT2D eigenvalue weighted by Gasteiger charge is -2.09. The van der Waals surface area contributed by atoms with Gasteiger partial charge in [-0.2, -0.15) is 0 Å². The summed E-state index contributed by atoms with van der Waals surface area (Å²) in [5.74, 6) is 0.423. The van der Waals surface area contributed by atoms with Gasteiger partial charge in [0.15, 0.2) is 11.4 Å². The lowest BCUT2D eigenvalue weighted by atomic mass is 9.99. The molecule has 0 fully saturated rings. The first-order chi connectivity index (χ1) is 9.74. The van der Waals surface area contributed by atoms with E-state index < -0.39 is 4.92 Å². The first-order valence-corrected chi connectivity index (χ1v) is 6.04. The summed E-state index contributed by atoms with van der Waals surface area (Å²) in [5.41, 5.74) is 2.08. The maximum absolute atomic E-state index is 10.5. The van der Waals surface area contributed by atoms with Crippen LogP contribution < -0.4 is 4.84 Å². The molecule has 8 nitrogen and oxygen atoms in total. The summed E-state index contributed by atoms with van der Waals surface area (Å²) in [6.45, 7) is 0. The highest BCUT2D eigenvalue weighted by molar-refractivity contribution is 6.00. The molecule has 0 radical (unpaired) electrons. The third-order valence-corrected chi connectivity index (χ3v) is 2.97. The predicted octanol–water partition coefficient (Wildman–Crippen LogP) is 2.10. The Morgan fingerprint density at radius 1 is 1.25 bits per heavy atom. The van der Waals surface area contributed by atoms with Gasteiger partial charge in [0.25, 0.3) is 5.69 Å². The van der Waals surface area contributed by atoms with Crippen molar-refractivity contribution in [2.45, 2.75) is 19.3 Å². The Bertz CT molecular complexity index is 662. The molecular formula is C12H10N4O4. The molecule has 0 amide bonds. The Morgan fingerprint density at radius 2 is 2.05 bits per heavy atom. The summed E-state index contributed by atoms with van der Waals surface area (Å²) in [5, 5.41) is 22.2. The molecule has 1 heterocycles. The van der Waals surface area contributed by atoms with E-state index >= 15 is 0 Å². The van der Waals surface area contributed by atoms with Crippen molar-refractivity contribution in [1.82, 2.24) is 10.3 Å². The molecule has 3 rings (SSSR count). The smallest absolute Gasteiger partial charge is 0.269 e. The van der Waals surface area contributed by atoms with Gasteiger partial charge in [-0.15, -0.1) is 0 Å². The zero-order valence-electron chi connectivity index (χ0n) is 10.4. The fourth-order valence-electron chi connectivity index (χ4n) is 1.96. The second kappa shape index (κ2) is 5.08. The van der Waals surface area contributed by atoms with Crippen molar-refractivity contribution in [2.24, 2.45) is 5.16 Å². The standard InChI is InChI=1S/C12H10N4O4/c17-16(18)8-4-6-9(7-5-8)19-13-10-2-1-3-11-12(10)15-20-14-11/h4-7H,1-3H2/b13-10+. The third kappa shape index (κ3) is 2.35. The highest BCUT2D eigenvalue weighted by atomic mass is 16.6. The maximum Gasteiger partial charge on any atom is 0.269 e. The number of rotatable bonds is 3. The molecule has 0 unspecified atom stereocenters. The monoisotopic (exact) mass is 274 g/mol. The largest absolute Gasteiger partial charge is 0.357 e. The lowest BCUT2D eigenvalue weighted by Crippen LogP contribution is -2.12. The van der Waals surface area contributed by atoms with Gasteiger partial charge in [0.1, 0.15) is 11.4 Å². The number of benzene rings is 1. The Morgan fingerprint density at radius 3 is 2.80 bits per heavy atom. The number of hydrogen-bond acceptors (Lipinski definition) is 7. The van der Waals surface area contributed by atoms with Gasteiger partial charge in [-0.3, -0.25) is 10.1 Å². The lowest BCUT2D eigenvalue weighted by molar-refractivity contribution is -0.384. The van der Waals surface area contributed by atoms with E-state index in [1.807, 2.05) is 0 Å². The molecule has 0 aliphatic heterocycles. The molecule has 0 saturated heterocycles. The van der Waals surface area contributed by atoms with Crippen molar-refractivity contribution < 1.29 is 14.4 Å². The second-order valence-electron chi connectivity index (χ2n) is 4.29. The van der Waals surface area contributed by atoms with E-state index in [0.29, 0.717) is 17.2 Å². The minimum absolute atomic E-state index is 0.00524. The normalized spacial score (nSPS) is 15.9. The van der Waals surface area contributed by atoms with Crippen LogP contribution in [-0.2, 0) is 6.42 Å². The zero-order chi connectivity index (χ0) is 13.9. The summed E-state index contributed by atoms with van der Waals surface area (Å²) in [6, 6.07) is 5.71. The molecule has 0 atom stereocenters. The van der Waals surface area contributed by atoms with E-state index in [2.05, 4.69) is 20.1 Å². The van der Waals surface area contributed by atoms with Gasteiger partial charge < -0.3 is 4.84 Å². The number of nitro benzene ring substituents is 1. The first-order valence-electron chi connectivity index (χ1n) is 6.04. The number of nitro groups is 1.